The maximum absolute atomic E-state index is 10.8. The van der Waals surface area contributed by atoms with E-state index >= 15 is 0 Å². The monoisotopic (exact) mass is 230 g/mol. The molecule has 0 aliphatic heterocycles. The summed E-state index contributed by atoms with van der Waals surface area (Å²) < 4.78 is 0. The van der Waals surface area contributed by atoms with E-state index in [4.69, 9.17) is 16.7 Å². The number of rotatable bonds is 4. The molecule has 1 rings (SSSR count). The molecule has 0 heterocycles. The number of halogens is 1. The van der Waals surface area contributed by atoms with Crippen LogP contribution in [0, 0.1) is 0 Å². The van der Waals surface area contributed by atoms with Crippen molar-refractivity contribution in [2.45, 2.75) is 22.4 Å². The summed E-state index contributed by atoms with van der Waals surface area (Å²) in [6, 6.07) is 9.39. The molecule has 1 aromatic carbocycles. The Morgan fingerprint density at radius 1 is 1.43 bits per heavy atom. The summed E-state index contributed by atoms with van der Waals surface area (Å²) in [6.07, 6.45) is 0. The fraction of sp³-hybridized carbons (Fsp3) is 0.300. The Balaban J connectivity index is 2.70. The Morgan fingerprint density at radius 3 is 2.43 bits per heavy atom. The van der Waals surface area contributed by atoms with Crippen LogP contribution in [0.15, 0.2) is 35.2 Å². The first-order chi connectivity index (χ1) is 6.61. The summed E-state index contributed by atoms with van der Waals surface area (Å²) in [5.41, 5.74) is 0. The smallest absolute Gasteiger partial charge is 0.318 e. The molecule has 0 aliphatic rings. The van der Waals surface area contributed by atoms with Crippen molar-refractivity contribution in [2.24, 2.45) is 0 Å². The molecule has 0 aliphatic carbocycles. The van der Waals surface area contributed by atoms with Gasteiger partial charge in [-0.2, -0.15) is 0 Å². The minimum atomic E-state index is -0.874. The van der Waals surface area contributed by atoms with Crippen LogP contribution in [-0.4, -0.2) is 21.7 Å². The van der Waals surface area contributed by atoms with E-state index in [2.05, 4.69) is 0 Å². The normalized spacial score (nSPS) is 14.7. The van der Waals surface area contributed by atoms with Crippen LogP contribution < -0.4 is 0 Å². The van der Waals surface area contributed by atoms with Crippen LogP contribution in [0.4, 0.5) is 0 Å². The average Bonchev–Trinajstić information content (AvgIpc) is 2.15. The number of alkyl halides is 1. The largest absolute Gasteiger partial charge is 0.480 e. The molecule has 76 valence electrons. The third kappa shape index (κ3) is 3.24. The summed E-state index contributed by atoms with van der Waals surface area (Å²) in [6.45, 7) is 1.69. The second-order valence-corrected chi connectivity index (χ2v) is 4.77. The highest BCUT2D eigenvalue weighted by molar-refractivity contribution is 8.00. The first-order valence-corrected chi connectivity index (χ1v) is 5.51. The first-order valence-electron chi connectivity index (χ1n) is 4.20. The van der Waals surface area contributed by atoms with Crippen LogP contribution in [0.1, 0.15) is 6.92 Å². The molecule has 0 saturated carbocycles. The number of carboxylic acids is 1. The van der Waals surface area contributed by atoms with Crippen molar-refractivity contribution in [3.05, 3.63) is 30.3 Å². The number of carboxylic acid groups (broad SMARTS) is 1. The molecule has 0 saturated heterocycles. The van der Waals surface area contributed by atoms with Crippen LogP contribution in [0.3, 0.4) is 0 Å². The lowest BCUT2D eigenvalue weighted by Gasteiger charge is -2.13. The van der Waals surface area contributed by atoms with Crippen molar-refractivity contribution >= 4 is 29.3 Å². The van der Waals surface area contributed by atoms with E-state index in [1.807, 2.05) is 30.3 Å². The van der Waals surface area contributed by atoms with E-state index in [1.54, 1.807) is 6.92 Å². The molecule has 0 spiro atoms. The van der Waals surface area contributed by atoms with E-state index in [0.29, 0.717) is 0 Å². The van der Waals surface area contributed by atoms with Crippen LogP contribution in [0.25, 0.3) is 0 Å². The summed E-state index contributed by atoms with van der Waals surface area (Å²) >= 11 is 7.06. The SMILES string of the molecule is C[C@@H](Cl)[C@@H](Sc1ccccc1)C(=O)O. The summed E-state index contributed by atoms with van der Waals surface area (Å²) in [5, 5.41) is 7.91. The molecular weight excluding hydrogens is 220 g/mol. The van der Waals surface area contributed by atoms with Gasteiger partial charge in [-0.1, -0.05) is 18.2 Å². The number of benzene rings is 1. The molecule has 0 amide bonds. The van der Waals surface area contributed by atoms with Gasteiger partial charge in [-0.3, -0.25) is 4.79 Å². The highest BCUT2D eigenvalue weighted by Gasteiger charge is 2.23. The lowest BCUT2D eigenvalue weighted by Crippen LogP contribution is -2.24. The second kappa shape index (κ2) is 5.27. The van der Waals surface area contributed by atoms with Crippen molar-refractivity contribution in [3.63, 3.8) is 0 Å². The zero-order valence-electron chi connectivity index (χ0n) is 7.68. The third-order valence-corrected chi connectivity index (χ3v) is 3.48. The molecule has 0 unspecified atom stereocenters. The van der Waals surface area contributed by atoms with Crippen molar-refractivity contribution in [1.29, 1.82) is 0 Å². The van der Waals surface area contributed by atoms with Gasteiger partial charge in [-0.25, -0.2) is 0 Å². The highest BCUT2D eigenvalue weighted by atomic mass is 35.5. The number of hydrogen-bond donors (Lipinski definition) is 1. The summed E-state index contributed by atoms with van der Waals surface area (Å²) in [7, 11) is 0. The Hall–Kier alpha value is -0.670. The van der Waals surface area contributed by atoms with Crippen molar-refractivity contribution in [2.75, 3.05) is 0 Å². The van der Waals surface area contributed by atoms with Gasteiger partial charge in [0.1, 0.15) is 5.25 Å². The minimum Gasteiger partial charge on any atom is -0.480 e. The number of aliphatic carboxylic acids is 1. The van der Waals surface area contributed by atoms with Crippen molar-refractivity contribution in [3.8, 4) is 0 Å². The Bertz CT molecular complexity index is 300. The molecule has 0 bridgehead atoms. The van der Waals surface area contributed by atoms with E-state index in [0.717, 1.165) is 4.90 Å². The lowest BCUT2D eigenvalue weighted by atomic mass is 10.3. The molecular formula is C10H11ClO2S. The highest BCUT2D eigenvalue weighted by Crippen LogP contribution is 2.27. The van der Waals surface area contributed by atoms with E-state index in [-0.39, 0.29) is 0 Å². The van der Waals surface area contributed by atoms with Gasteiger partial charge in [0, 0.05) is 4.90 Å². The van der Waals surface area contributed by atoms with Gasteiger partial charge in [0.2, 0.25) is 0 Å². The van der Waals surface area contributed by atoms with Crippen LogP contribution in [0.2, 0.25) is 0 Å². The molecule has 0 radical (unpaired) electrons. The average molecular weight is 231 g/mol. The van der Waals surface area contributed by atoms with Gasteiger partial charge in [0.25, 0.3) is 0 Å². The molecule has 0 aromatic heterocycles. The number of thioether (sulfide) groups is 1. The Labute approximate surface area is 92.3 Å². The zero-order valence-corrected chi connectivity index (χ0v) is 9.26. The van der Waals surface area contributed by atoms with Gasteiger partial charge < -0.3 is 5.11 Å². The minimum absolute atomic E-state index is 0.391. The van der Waals surface area contributed by atoms with Crippen molar-refractivity contribution < 1.29 is 9.90 Å². The molecule has 4 heteroatoms. The van der Waals surface area contributed by atoms with Gasteiger partial charge >= 0.3 is 5.97 Å². The fourth-order valence-corrected chi connectivity index (χ4v) is 2.14. The predicted octanol–water partition coefficient (Wildman–Crippen LogP) is 2.86. The van der Waals surface area contributed by atoms with Crippen molar-refractivity contribution in [1.82, 2.24) is 0 Å². The molecule has 0 fully saturated rings. The Kier molecular flexibility index (Phi) is 4.29. The predicted molar refractivity (Wildman–Crippen MR) is 59.0 cm³/mol. The summed E-state index contributed by atoms with van der Waals surface area (Å²) in [5.74, 6) is -0.874. The maximum atomic E-state index is 10.8. The van der Waals surface area contributed by atoms with E-state index < -0.39 is 16.6 Å². The Morgan fingerprint density at radius 2 is 2.00 bits per heavy atom. The molecule has 1 N–H and O–H groups in total. The topological polar surface area (TPSA) is 37.3 Å². The number of hydrogen-bond acceptors (Lipinski definition) is 2. The van der Waals surface area contributed by atoms with Gasteiger partial charge in [0.15, 0.2) is 0 Å². The van der Waals surface area contributed by atoms with Gasteiger partial charge in [-0.15, -0.1) is 23.4 Å². The molecule has 2 atom stereocenters. The van der Waals surface area contributed by atoms with Crippen LogP contribution >= 0.6 is 23.4 Å². The van der Waals surface area contributed by atoms with E-state index in [1.165, 1.54) is 11.8 Å². The lowest BCUT2D eigenvalue weighted by molar-refractivity contribution is -0.136. The standard InChI is InChI=1S/C10H11ClO2S/c1-7(11)9(10(12)13)14-8-5-3-2-4-6-8/h2-7,9H,1H3,(H,12,13)/t7-,9-/m1/s1. The fourth-order valence-electron chi connectivity index (χ4n) is 0.986. The quantitative estimate of drug-likeness (QED) is 0.639. The molecule has 1 aromatic rings. The maximum Gasteiger partial charge on any atom is 0.318 e. The zero-order chi connectivity index (χ0) is 10.6. The third-order valence-electron chi connectivity index (χ3n) is 1.67. The summed E-state index contributed by atoms with van der Waals surface area (Å²) in [4.78, 5) is 11.8. The van der Waals surface area contributed by atoms with Gasteiger partial charge in [-0.05, 0) is 19.1 Å². The van der Waals surface area contributed by atoms with Crippen LogP contribution in [0.5, 0.6) is 0 Å². The molecule has 2 nitrogen and oxygen atoms in total. The number of carbonyl (C=O) groups is 1. The first kappa shape index (κ1) is 11.4. The van der Waals surface area contributed by atoms with Crippen LogP contribution in [-0.2, 0) is 4.79 Å². The van der Waals surface area contributed by atoms with Gasteiger partial charge in [0.05, 0.1) is 5.38 Å². The molecule has 14 heavy (non-hydrogen) atoms. The van der Waals surface area contributed by atoms with E-state index in [9.17, 15) is 4.79 Å². The second-order valence-electron chi connectivity index (χ2n) is 2.87.